The topological polar surface area (TPSA) is 69.4 Å². The molecule has 0 bridgehead atoms. The van der Waals surface area contributed by atoms with Crippen LogP contribution in [0, 0.1) is 10.1 Å². The SMILES string of the molecule is COC(=O)c1ccc(/C=C(/C)[N+](=O)[O-])s1. The molecule has 0 unspecified atom stereocenters. The van der Waals surface area contributed by atoms with Gasteiger partial charge in [-0.1, -0.05) is 0 Å². The highest BCUT2D eigenvalue weighted by Crippen LogP contribution is 2.20. The van der Waals surface area contributed by atoms with Crippen molar-refractivity contribution >= 4 is 23.4 Å². The van der Waals surface area contributed by atoms with E-state index in [0.29, 0.717) is 9.75 Å². The number of carbonyl (C=O) groups excluding carboxylic acids is 1. The first-order chi connectivity index (χ1) is 7.04. The maximum atomic E-state index is 11.1. The number of carbonyl (C=O) groups is 1. The molecule has 0 radical (unpaired) electrons. The number of rotatable bonds is 3. The number of thiophene rings is 1. The molecule has 0 aliphatic carbocycles. The minimum absolute atomic E-state index is 0.0354. The molecule has 0 spiro atoms. The third-order valence-corrected chi connectivity index (χ3v) is 2.66. The maximum absolute atomic E-state index is 11.1. The second-order valence-corrected chi connectivity index (χ2v) is 3.85. The third kappa shape index (κ3) is 2.88. The Labute approximate surface area is 90.1 Å². The van der Waals surface area contributed by atoms with Gasteiger partial charge in [0.05, 0.1) is 12.0 Å². The predicted molar refractivity (Wildman–Crippen MR) is 56.3 cm³/mol. The van der Waals surface area contributed by atoms with Crippen molar-refractivity contribution in [2.24, 2.45) is 0 Å². The van der Waals surface area contributed by atoms with E-state index in [2.05, 4.69) is 4.74 Å². The standard InChI is InChI=1S/C9H9NO4S/c1-6(10(12)13)5-7-3-4-8(15-7)9(11)14-2/h3-5H,1-2H3/b6-5-. The quantitative estimate of drug-likeness (QED) is 0.451. The Morgan fingerprint density at radius 2 is 2.27 bits per heavy atom. The molecule has 0 aliphatic rings. The van der Waals surface area contributed by atoms with Crippen LogP contribution in [0.1, 0.15) is 21.5 Å². The smallest absolute Gasteiger partial charge is 0.348 e. The van der Waals surface area contributed by atoms with Gasteiger partial charge in [-0.05, 0) is 12.1 Å². The number of hydrogen-bond donors (Lipinski definition) is 0. The van der Waals surface area contributed by atoms with Gasteiger partial charge in [0.15, 0.2) is 0 Å². The van der Waals surface area contributed by atoms with E-state index in [1.807, 2.05) is 0 Å². The molecular formula is C9H9NO4S. The van der Waals surface area contributed by atoms with Crippen LogP contribution in [0.15, 0.2) is 17.8 Å². The zero-order chi connectivity index (χ0) is 11.4. The van der Waals surface area contributed by atoms with Crippen LogP contribution in [-0.4, -0.2) is 18.0 Å². The van der Waals surface area contributed by atoms with Gasteiger partial charge in [0.2, 0.25) is 5.70 Å². The normalized spacial score (nSPS) is 11.2. The van der Waals surface area contributed by atoms with Crippen LogP contribution in [0.5, 0.6) is 0 Å². The molecule has 0 saturated heterocycles. The minimum atomic E-state index is -0.475. The van der Waals surface area contributed by atoms with Gasteiger partial charge in [-0.25, -0.2) is 4.79 Å². The molecule has 0 aliphatic heterocycles. The molecule has 0 N–H and O–H groups in total. The fourth-order valence-electron chi connectivity index (χ4n) is 0.899. The lowest BCUT2D eigenvalue weighted by Gasteiger charge is -1.91. The Morgan fingerprint density at radius 1 is 1.60 bits per heavy atom. The van der Waals surface area contributed by atoms with Crippen molar-refractivity contribution in [3.8, 4) is 0 Å². The zero-order valence-corrected chi connectivity index (χ0v) is 9.04. The molecule has 0 amide bonds. The summed E-state index contributed by atoms with van der Waals surface area (Å²) in [7, 11) is 1.29. The summed E-state index contributed by atoms with van der Waals surface area (Å²) >= 11 is 1.16. The predicted octanol–water partition coefficient (Wildman–Crippen LogP) is 2.17. The number of nitrogens with zero attached hydrogens (tertiary/aromatic N) is 1. The highest BCUT2D eigenvalue weighted by Gasteiger charge is 2.09. The highest BCUT2D eigenvalue weighted by molar-refractivity contribution is 7.14. The van der Waals surface area contributed by atoms with Crippen LogP contribution in [0.25, 0.3) is 6.08 Å². The molecule has 6 heteroatoms. The van der Waals surface area contributed by atoms with Crippen molar-refractivity contribution in [3.05, 3.63) is 37.7 Å². The average molecular weight is 227 g/mol. The molecule has 1 aromatic heterocycles. The van der Waals surface area contributed by atoms with Crippen molar-refractivity contribution in [1.82, 2.24) is 0 Å². The van der Waals surface area contributed by atoms with Crippen LogP contribution < -0.4 is 0 Å². The van der Waals surface area contributed by atoms with Gasteiger partial charge < -0.3 is 4.74 Å². The summed E-state index contributed by atoms with van der Waals surface area (Å²) in [5, 5.41) is 10.4. The van der Waals surface area contributed by atoms with Crippen molar-refractivity contribution in [1.29, 1.82) is 0 Å². The Bertz CT molecular complexity index is 422. The maximum Gasteiger partial charge on any atom is 0.348 e. The Morgan fingerprint density at radius 3 is 2.80 bits per heavy atom. The highest BCUT2D eigenvalue weighted by atomic mass is 32.1. The van der Waals surface area contributed by atoms with Gasteiger partial charge in [0.25, 0.3) is 0 Å². The molecule has 0 aromatic carbocycles. The Hall–Kier alpha value is -1.69. The molecule has 0 saturated carbocycles. The second kappa shape index (κ2) is 4.70. The lowest BCUT2D eigenvalue weighted by atomic mass is 10.3. The van der Waals surface area contributed by atoms with Gasteiger partial charge in [-0.2, -0.15) is 0 Å². The number of hydrogen-bond acceptors (Lipinski definition) is 5. The lowest BCUT2D eigenvalue weighted by Crippen LogP contribution is -1.96. The van der Waals surface area contributed by atoms with Crippen LogP contribution in [0.2, 0.25) is 0 Å². The number of esters is 1. The van der Waals surface area contributed by atoms with Crippen molar-refractivity contribution in [2.75, 3.05) is 7.11 Å². The van der Waals surface area contributed by atoms with E-state index in [4.69, 9.17) is 0 Å². The van der Waals surface area contributed by atoms with Gasteiger partial charge in [0.1, 0.15) is 4.88 Å². The summed E-state index contributed by atoms with van der Waals surface area (Å²) in [6.45, 7) is 1.40. The van der Waals surface area contributed by atoms with Gasteiger partial charge in [-0.3, -0.25) is 10.1 Å². The average Bonchev–Trinajstić information content (AvgIpc) is 2.65. The molecular weight excluding hydrogens is 218 g/mol. The molecule has 1 rings (SSSR count). The van der Waals surface area contributed by atoms with E-state index in [1.165, 1.54) is 20.1 Å². The van der Waals surface area contributed by atoms with Crippen LogP contribution in [0.4, 0.5) is 0 Å². The molecule has 0 atom stereocenters. The fourth-order valence-corrected chi connectivity index (χ4v) is 1.82. The largest absolute Gasteiger partial charge is 0.465 e. The van der Waals surface area contributed by atoms with E-state index in [-0.39, 0.29) is 5.70 Å². The van der Waals surface area contributed by atoms with Crippen LogP contribution in [-0.2, 0) is 4.74 Å². The number of nitro groups is 1. The van der Waals surface area contributed by atoms with E-state index in [9.17, 15) is 14.9 Å². The summed E-state index contributed by atoms with van der Waals surface area (Å²) in [5.74, 6) is -0.432. The molecule has 0 fully saturated rings. The molecule has 5 nitrogen and oxygen atoms in total. The van der Waals surface area contributed by atoms with Gasteiger partial charge >= 0.3 is 5.97 Å². The Balaban J connectivity index is 2.90. The summed E-state index contributed by atoms with van der Waals surface area (Å²) in [6, 6.07) is 3.22. The summed E-state index contributed by atoms with van der Waals surface area (Å²) in [4.78, 5) is 22.0. The number of methoxy groups -OCH3 is 1. The summed E-state index contributed by atoms with van der Waals surface area (Å²) in [5.41, 5.74) is 0.0354. The van der Waals surface area contributed by atoms with Gasteiger partial charge in [0, 0.05) is 17.9 Å². The summed E-state index contributed by atoms with van der Waals surface area (Å²) < 4.78 is 4.52. The number of ether oxygens (including phenoxy) is 1. The van der Waals surface area contributed by atoms with Crippen molar-refractivity contribution < 1.29 is 14.5 Å². The first-order valence-electron chi connectivity index (χ1n) is 4.05. The monoisotopic (exact) mass is 227 g/mol. The van der Waals surface area contributed by atoms with Crippen LogP contribution in [0.3, 0.4) is 0 Å². The van der Waals surface area contributed by atoms with E-state index >= 15 is 0 Å². The van der Waals surface area contributed by atoms with Crippen molar-refractivity contribution in [2.45, 2.75) is 6.92 Å². The third-order valence-electron chi connectivity index (χ3n) is 1.65. The number of allylic oxidation sites excluding steroid dienone is 1. The molecule has 1 heterocycles. The van der Waals surface area contributed by atoms with E-state index in [1.54, 1.807) is 12.1 Å². The molecule has 80 valence electrons. The first-order valence-corrected chi connectivity index (χ1v) is 4.87. The zero-order valence-electron chi connectivity index (χ0n) is 8.22. The van der Waals surface area contributed by atoms with E-state index < -0.39 is 10.9 Å². The van der Waals surface area contributed by atoms with Gasteiger partial charge in [-0.15, -0.1) is 11.3 Å². The fraction of sp³-hybridized carbons (Fsp3) is 0.222. The molecule has 1 aromatic rings. The Kier molecular flexibility index (Phi) is 3.56. The minimum Gasteiger partial charge on any atom is -0.465 e. The molecule has 15 heavy (non-hydrogen) atoms. The second-order valence-electron chi connectivity index (χ2n) is 2.74. The van der Waals surface area contributed by atoms with E-state index in [0.717, 1.165) is 11.3 Å². The summed E-state index contributed by atoms with van der Waals surface area (Å²) in [6.07, 6.45) is 1.41. The van der Waals surface area contributed by atoms with Crippen LogP contribution >= 0.6 is 11.3 Å². The lowest BCUT2D eigenvalue weighted by molar-refractivity contribution is -0.422. The first kappa shape index (κ1) is 11.4. The van der Waals surface area contributed by atoms with Crippen molar-refractivity contribution in [3.63, 3.8) is 0 Å².